The van der Waals surface area contributed by atoms with E-state index in [0.29, 0.717) is 0 Å². The number of nitrogens with one attached hydrogen (secondary N) is 1. The number of rotatable bonds is 5. The molecule has 1 amide bonds. The maximum Gasteiger partial charge on any atom is 0.236 e. The lowest BCUT2D eigenvalue weighted by Gasteiger charge is -2.26. The molecule has 2 atom stereocenters. The third-order valence-corrected chi connectivity index (χ3v) is 4.71. The highest BCUT2D eigenvalue weighted by molar-refractivity contribution is 7.86. The van der Waals surface area contributed by atoms with Crippen molar-refractivity contribution in [1.82, 2.24) is 5.32 Å². The van der Waals surface area contributed by atoms with Gasteiger partial charge in [0, 0.05) is 5.54 Å². The molecule has 0 aromatic heterocycles. The lowest BCUT2D eigenvalue weighted by Crippen LogP contribution is -2.47. The summed E-state index contributed by atoms with van der Waals surface area (Å²) in [5.74, 6) is -0.872. The largest absolute Gasteiger partial charge is 0.350 e. The van der Waals surface area contributed by atoms with Gasteiger partial charge in [0.2, 0.25) is 5.91 Å². The second-order valence-corrected chi connectivity index (χ2v) is 6.84. The highest BCUT2D eigenvalue weighted by atomic mass is 32.2. The molecule has 0 bridgehead atoms. The van der Waals surface area contributed by atoms with Crippen LogP contribution in [0.4, 0.5) is 4.39 Å². The van der Waals surface area contributed by atoms with Crippen LogP contribution >= 0.6 is 0 Å². The van der Waals surface area contributed by atoms with E-state index in [1.807, 2.05) is 20.8 Å². The molecule has 1 rings (SSSR count). The van der Waals surface area contributed by atoms with Crippen molar-refractivity contribution >= 4 is 16.7 Å². The van der Waals surface area contributed by atoms with Crippen molar-refractivity contribution in [2.24, 2.45) is 0 Å². The van der Waals surface area contributed by atoms with Crippen molar-refractivity contribution in [2.45, 2.75) is 49.8 Å². The van der Waals surface area contributed by atoms with E-state index in [1.54, 1.807) is 13.0 Å². The first-order valence-corrected chi connectivity index (χ1v) is 7.47. The van der Waals surface area contributed by atoms with Gasteiger partial charge in [-0.2, -0.15) is 0 Å². The normalized spacial score (nSPS) is 14.8. The number of hydrogen-bond donors (Lipinski definition) is 1. The number of amides is 1. The van der Waals surface area contributed by atoms with E-state index in [0.717, 1.165) is 6.42 Å². The molecule has 0 saturated heterocycles. The van der Waals surface area contributed by atoms with Crippen LogP contribution in [0.5, 0.6) is 0 Å². The van der Waals surface area contributed by atoms with E-state index in [9.17, 15) is 13.4 Å². The minimum Gasteiger partial charge on any atom is -0.350 e. The Morgan fingerprint density at radius 1 is 1.42 bits per heavy atom. The van der Waals surface area contributed by atoms with Crippen molar-refractivity contribution in [1.29, 1.82) is 0 Å². The summed E-state index contributed by atoms with van der Waals surface area (Å²) >= 11 is 0. The Bertz CT molecular complexity index is 488. The van der Waals surface area contributed by atoms with Crippen molar-refractivity contribution in [3.63, 3.8) is 0 Å². The van der Waals surface area contributed by atoms with Crippen molar-refractivity contribution in [2.75, 3.05) is 0 Å². The summed E-state index contributed by atoms with van der Waals surface area (Å²) < 4.78 is 25.7. The van der Waals surface area contributed by atoms with Gasteiger partial charge in [0.15, 0.2) is 0 Å². The number of benzene rings is 1. The second kappa shape index (κ2) is 6.28. The zero-order valence-electron chi connectivity index (χ0n) is 11.7. The number of hydrogen-bond acceptors (Lipinski definition) is 2. The molecular formula is C14H20FNO2S. The molecule has 0 saturated carbocycles. The molecule has 0 aliphatic heterocycles. The van der Waals surface area contributed by atoms with E-state index < -0.39 is 21.9 Å². The Morgan fingerprint density at radius 2 is 2.00 bits per heavy atom. The first kappa shape index (κ1) is 15.8. The Balaban J connectivity index is 2.84. The predicted octanol–water partition coefficient (Wildman–Crippen LogP) is 2.63. The highest BCUT2D eigenvalue weighted by Gasteiger charge is 2.27. The Morgan fingerprint density at radius 3 is 2.53 bits per heavy atom. The van der Waals surface area contributed by atoms with E-state index in [4.69, 9.17) is 0 Å². The zero-order chi connectivity index (χ0) is 14.6. The van der Waals surface area contributed by atoms with Crippen LogP contribution in [-0.4, -0.2) is 20.9 Å². The van der Waals surface area contributed by atoms with Crippen LogP contribution in [0.1, 0.15) is 34.1 Å². The molecule has 0 heterocycles. The number of carbonyl (C=O) groups is 1. The summed E-state index contributed by atoms with van der Waals surface area (Å²) in [4.78, 5) is 12.1. The summed E-state index contributed by atoms with van der Waals surface area (Å²) in [6, 6.07) is 5.83. The smallest absolute Gasteiger partial charge is 0.236 e. The van der Waals surface area contributed by atoms with E-state index in [-0.39, 0.29) is 16.3 Å². The highest BCUT2D eigenvalue weighted by Crippen LogP contribution is 2.16. The molecule has 5 heteroatoms. The molecule has 2 unspecified atom stereocenters. The van der Waals surface area contributed by atoms with Gasteiger partial charge in [-0.15, -0.1) is 0 Å². The minimum atomic E-state index is -1.69. The van der Waals surface area contributed by atoms with Gasteiger partial charge < -0.3 is 5.32 Å². The van der Waals surface area contributed by atoms with Gasteiger partial charge in [0.05, 0.1) is 15.7 Å². The molecule has 0 aliphatic carbocycles. The summed E-state index contributed by atoms with van der Waals surface area (Å²) in [6.45, 7) is 7.29. The Hall–Kier alpha value is -1.23. The standard InChI is InChI=1S/C14H20FNO2S/c1-5-14(3,4)16-13(17)10(2)19(18)12-9-7-6-8-11(12)15/h6-10H,5H2,1-4H3,(H,16,17). The third kappa shape index (κ3) is 4.13. The molecule has 1 N–H and O–H groups in total. The predicted molar refractivity (Wildman–Crippen MR) is 74.8 cm³/mol. The molecule has 0 spiro atoms. The average Bonchev–Trinajstić information content (AvgIpc) is 2.37. The zero-order valence-corrected chi connectivity index (χ0v) is 12.5. The topological polar surface area (TPSA) is 46.2 Å². The van der Waals surface area contributed by atoms with Crippen molar-refractivity contribution < 1.29 is 13.4 Å². The van der Waals surface area contributed by atoms with Gasteiger partial charge >= 0.3 is 0 Å². The lowest BCUT2D eigenvalue weighted by molar-refractivity contribution is -0.121. The Kier molecular flexibility index (Phi) is 5.23. The summed E-state index contributed by atoms with van der Waals surface area (Å²) in [6.07, 6.45) is 0.762. The maximum absolute atomic E-state index is 13.5. The van der Waals surface area contributed by atoms with Gasteiger partial charge in [0.25, 0.3) is 0 Å². The summed E-state index contributed by atoms with van der Waals surface area (Å²) in [7, 11) is -1.69. The van der Waals surface area contributed by atoms with Gasteiger partial charge in [-0.05, 0) is 39.3 Å². The number of halogens is 1. The quantitative estimate of drug-likeness (QED) is 0.904. The molecular weight excluding hydrogens is 265 g/mol. The molecule has 0 fully saturated rings. The van der Waals surface area contributed by atoms with Gasteiger partial charge in [-0.1, -0.05) is 19.1 Å². The van der Waals surface area contributed by atoms with Gasteiger partial charge in [-0.25, -0.2) is 4.39 Å². The Labute approximate surface area is 116 Å². The monoisotopic (exact) mass is 285 g/mol. The van der Waals surface area contributed by atoms with E-state index >= 15 is 0 Å². The molecule has 0 aliphatic rings. The third-order valence-electron chi connectivity index (χ3n) is 3.09. The lowest BCUT2D eigenvalue weighted by atomic mass is 10.0. The van der Waals surface area contributed by atoms with Crippen LogP contribution in [-0.2, 0) is 15.6 Å². The van der Waals surface area contributed by atoms with Crippen LogP contribution in [0.15, 0.2) is 29.2 Å². The van der Waals surface area contributed by atoms with E-state index in [2.05, 4.69) is 5.32 Å². The number of carbonyl (C=O) groups excluding carboxylic acids is 1. The fourth-order valence-electron chi connectivity index (χ4n) is 1.42. The second-order valence-electron chi connectivity index (χ2n) is 5.10. The van der Waals surface area contributed by atoms with Crippen LogP contribution in [0.2, 0.25) is 0 Å². The van der Waals surface area contributed by atoms with Crippen molar-refractivity contribution in [3.8, 4) is 0 Å². The molecule has 0 radical (unpaired) electrons. The maximum atomic E-state index is 13.5. The first-order valence-electron chi connectivity index (χ1n) is 6.25. The average molecular weight is 285 g/mol. The molecule has 106 valence electrons. The summed E-state index contributed by atoms with van der Waals surface area (Å²) in [5.41, 5.74) is -0.356. The SMILES string of the molecule is CCC(C)(C)NC(=O)C(C)S(=O)c1ccccc1F. The molecule has 3 nitrogen and oxygen atoms in total. The molecule has 1 aromatic rings. The minimum absolute atomic E-state index is 0.0689. The summed E-state index contributed by atoms with van der Waals surface area (Å²) in [5, 5.41) is 2.03. The molecule has 1 aromatic carbocycles. The first-order chi connectivity index (χ1) is 8.78. The fourth-order valence-corrected chi connectivity index (χ4v) is 2.53. The molecule has 19 heavy (non-hydrogen) atoms. The van der Waals surface area contributed by atoms with Crippen LogP contribution in [0, 0.1) is 5.82 Å². The van der Waals surface area contributed by atoms with Gasteiger partial charge in [-0.3, -0.25) is 9.00 Å². The van der Waals surface area contributed by atoms with Gasteiger partial charge in [0.1, 0.15) is 11.1 Å². The fraction of sp³-hybridized carbons (Fsp3) is 0.500. The van der Waals surface area contributed by atoms with Crippen LogP contribution in [0.3, 0.4) is 0 Å². The van der Waals surface area contributed by atoms with E-state index in [1.165, 1.54) is 18.2 Å². The van der Waals surface area contributed by atoms with Crippen LogP contribution in [0.25, 0.3) is 0 Å². The van der Waals surface area contributed by atoms with Crippen LogP contribution < -0.4 is 5.32 Å². The van der Waals surface area contributed by atoms with Crippen molar-refractivity contribution in [3.05, 3.63) is 30.1 Å².